The van der Waals surface area contributed by atoms with Crippen LogP contribution in [0.1, 0.15) is 5.56 Å². The number of carbonyl (C=O) groups excluding carboxylic acids is 2. The fourth-order valence-corrected chi connectivity index (χ4v) is 2.59. The van der Waals surface area contributed by atoms with Gasteiger partial charge in [0.25, 0.3) is 5.91 Å². The fraction of sp³-hybridized carbons (Fsp3) is 0.263. The fourth-order valence-electron chi connectivity index (χ4n) is 2.35. The molecule has 0 aliphatic heterocycles. The third-order valence-corrected chi connectivity index (χ3v) is 3.93. The second-order valence-electron chi connectivity index (χ2n) is 5.38. The first-order valence-electron chi connectivity index (χ1n) is 7.97. The van der Waals surface area contributed by atoms with Gasteiger partial charge in [0.2, 0.25) is 0 Å². The van der Waals surface area contributed by atoms with Gasteiger partial charge in [-0.2, -0.15) is 0 Å². The maximum atomic E-state index is 12.1. The van der Waals surface area contributed by atoms with E-state index in [4.69, 9.17) is 30.5 Å². The zero-order valence-electron chi connectivity index (χ0n) is 15.2. The molecule has 2 aromatic rings. The van der Waals surface area contributed by atoms with Gasteiger partial charge in [0.15, 0.2) is 6.61 Å². The Morgan fingerprint density at radius 1 is 0.963 bits per heavy atom. The van der Waals surface area contributed by atoms with Crippen molar-refractivity contribution in [1.29, 1.82) is 0 Å². The molecule has 0 fully saturated rings. The number of para-hydroxylation sites is 1. The monoisotopic (exact) mass is 393 g/mol. The van der Waals surface area contributed by atoms with Crippen LogP contribution in [0, 0.1) is 0 Å². The number of anilines is 1. The standard InChI is InChI=1S/C19H20ClNO6/c1-24-15-7-5-4-6-12(15)8-19(23)27-11-18(22)21-14-9-13(20)16(25-2)10-17(14)26-3/h4-7,9-10H,8,11H2,1-3H3,(H,21,22). The summed E-state index contributed by atoms with van der Waals surface area (Å²) in [6.45, 7) is -0.444. The average molecular weight is 394 g/mol. The van der Waals surface area contributed by atoms with E-state index in [-0.39, 0.29) is 6.42 Å². The minimum Gasteiger partial charge on any atom is -0.496 e. The smallest absolute Gasteiger partial charge is 0.310 e. The van der Waals surface area contributed by atoms with Crippen molar-refractivity contribution in [3.05, 3.63) is 47.0 Å². The first-order chi connectivity index (χ1) is 13.0. The Morgan fingerprint density at radius 3 is 2.30 bits per heavy atom. The first kappa shape index (κ1) is 20.4. The minimum absolute atomic E-state index is 0.00498. The van der Waals surface area contributed by atoms with Crippen LogP contribution < -0.4 is 19.5 Å². The van der Waals surface area contributed by atoms with Gasteiger partial charge in [-0.3, -0.25) is 9.59 Å². The van der Waals surface area contributed by atoms with Crippen LogP contribution in [0.3, 0.4) is 0 Å². The van der Waals surface area contributed by atoms with Crippen LogP contribution in [0.15, 0.2) is 36.4 Å². The summed E-state index contributed by atoms with van der Waals surface area (Å²) in [4.78, 5) is 24.1. The normalized spacial score (nSPS) is 10.1. The number of benzene rings is 2. The molecule has 1 amide bonds. The van der Waals surface area contributed by atoms with Crippen LogP contribution in [0.2, 0.25) is 5.02 Å². The highest BCUT2D eigenvalue weighted by molar-refractivity contribution is 6.32. The van der Waals surface area contributed by atoms with Gasteiger partial charge in [0, 0.05) is 11.6 Å². The summed E-state index contributed by atoms with van der Waals surface area (Å²) in [6.07, 6.45) is -0.00498. The van der Waals surface area contributed by atoms with Crippen molar-refractivity contribution in [2.75, 3.05) is 33.3 Å². The third-order valence-electron chi connectivity index (χ3n) is 3.64. The minimum atomic E-state index is -0.547. The summed E-state index contributed by atoms with van der Waals surface area (Å²) >= 11 is 6.06. The molecule has 2 rings (SSSR count). The molecule has 0 saturated heterocycles. The van der Waals surface area contributed by atoms with E-state index in [1.165, 1.54) is 27.4 Å². The van der Waals surface area contributed by atoms with Gasteiger partial charge < -0.3 is 24.3 Å². The van der Waals surface area contributed by atoms with E-state index in [2.05, 4.69) is 5.32 Å². The molecule has 0 radical (unpaired) electrons. The van der Waals surface area contributed by atoms with Gasteiger partial charge in [-0.05, 0) is 12.1 Å². The van der Waals surface area contributed by atoms with Gasteiger partial charge in [0.05, 0.1) is 38.5 Å². The molecule has 0 unspecified atom stereocenters. The molecule has 2 aromatic carbocycles. The number of nitrogens with one attached hydrogen (secondary N) is 1. The van der Waals surface area contributed by atoms with Crippen LogP contribution in [0.5, 0.6) is 17.2 Å². The van der Waals surface area contributed by atoms with Crippen LogP contribution in [0.4, 0.5) is 5.69 Å². The molecule has 0 aliphatic rings. The molecule has 0 atom stereocenters. The summed E-state index contributed by atoms with van der Waals surface area (Å²) in [5, 5.41) is 2.90. The lowest BCUT2D eigenvalue weighted by Crippen LogP contribution is -2.22. The van der Waals surface area contributed by atoms with E-state index in [1.54, 1.807) is 30.3 Å². The molecule has 0 aliphatic carbocycles. The highest BCUT2D eigenvalue weighted by atomic mass is 35.5. The number of carbonyl (C=O) groups is 2. The van der Waals surface area contributed by atoms with E-state index in [9.17, 15) is 9.59 Å². The second-order valence-corrected chi connectivity index (χ2v) is 5.79. The summed E-state index contributed by atoms with van der Waals surface area (Å²) in [7, 11) is 4.44. The molecular formula is C19H20ClNO6. The van der Waals surface area contributed by atoms with Gasteiger partial charge >= 0.3 is 5.97 Å². The number of methoxy groups -OCH3 is 3. The predicted molar refractivity (Wildman–Crippen MR) is 101 cm³/mol. The Hall–Kier alpha value is -2.93. The molecule has 7 nitrogen and oxygen atoms in total. The van der Waals surface area contributed by atoms with Crippen molar-refractivity contribution in [1.82, 2.24) is 0 Å². The maximum absolute atomic E-state index is 12.1. The molecule has 0 heterocycles. The van der Waals surface area contributed by atoms with Gasteiger partial charge in [0.1, 0.15) is 17.2 Å². The zero-order valence-corrected chi connectivity index (χ0v) is 16.0. The lowest BCUT2D eigenvalue weighted by atomic mass is 10.1. The van der Waals surface area contributed by atoms with E-state index in [0.717, 1.165) is 0 Å². The van der Waals surface area contributed by atoms with Crippen molar-refractivity contribution in [3.8, 4) is 17.2 Å². The molecule has 0 spiro atoms. The molecule has 0 bridgehead atoms. The second kappa shape index (κ2) is 9.68. The number of ether oxygens (including phenoxy) is 4. The Balaban J connectivity index is 1.94. The molecule has 27 heavy (non-hydrogen) atoms. The third kappa shape index (κ3) is 5.52. The van der Waals surface area contributed by atoms with Crippen LogP contribution in [-0.4, -0.2) is 39.8 Å². The van der Waals surface area contributed by atoms with Crippen molar-refractivity contribution >= 4 is 29.2 Å². The number of esters is 1. The zero-order chi connectivity index (χ0) is 19.8. The van der Waals surface area contributed by atoms with Gasteiger partial charge in [-0.25, -0.2) is 0 Å². The molecule has 0 aromatic heterocycles. The molecule has 144 valence electrons. The topological polar surface area (TPSA) is 83.1 Å². The summed E-state index contributed by atoms with van der Waals surface area (Å²) in [6, 6.07) is 10.1. The van der Waals surface area contributed by atoms with Crippen molar-refractivity contribution in [3.63, 3.8) is 0 Å². The highest BCUT2D eigenvalue weighted by Gasteiger charge is 2.15. The Labute approximate surface area is 162 Å². The van der Waals surface area contributed by atoms with Gasteiger partial charge in [-0.1, -0.05) is 29.8 Å². The number of halogens is 1. The first-order valence-corrected chi connectivity index (χ1v) is 8.35. The van der Waals surface area contributed by atoms with E-state index >= 15 is 0 Å². The lowest BCUT2D eigenvalue weighted by molar-refractivity contribution is -0.146. The van der Waals surface area contributed by atoms with Crippen LogP contribution >= 0.6 is 11.6 Å². The van der Waals surface area contributed by atoms with E-state index in [0.29, 0.717) is 33.5 Å². The van der Waals surface area contributed by atoms with Crippen molar-refractivity contribution in [2.24, 2.45) is 0 Å². The molecule has 8 heteroatoms. The van der Waals surface area contributed by atoms with E-state index in [1.807, 2.05) is 0 Å². The van der Waals surface area contributed by atoms with Crippen molar-refractivity contribution in [2.45, 2.75) is 6.42 Å². The average Bonchev–Trinajstić information content (AvgIpc) is 2.67. The number of hydrogen-bond donors (Lipinski definition) is 1. The number of amides is 1. The quantitative estimate of drug-likeness (QED) is 0.694. The summed E-state index contributed by atoms with van der Waals surface area (Å²) in [5.74, 6) is 0.286. The van der Waals surface area contributed by atoms with Gasteiger partial charge in [-0.15, -0.1) is 0 Å². The predicted octanol–water partition coefficient (Wildman–Crippen LogP) is 3.09. The van der Waals surface area contributed by atoms with Crippen molar-refractivity contribution < 1.29 is 28.5 Å². The number of rotatable bonds is 8. The summed E-state index contributed by atoms with van der Waals surface area (Å²) in [5.41, 5.74) is 1.02. The Kier molecular flexibility index (Phi) is 7.31. The van der Waals surface area contributed by atoms with Crippen LogP contribution in [-0.2, 0) is 20.7 Å². The largest absolute Gasteiger partial charge is 0.496 e. The van der Waals surface area contributed by atoms with E-state index < -0.39 is 18.5 Å². The van der Waals surface area contributed by atoms with Crippen LogP contribution in [0.25, 0.3) is 0 Å². The molecule has 0 saturated carbocycles. The Bertz CT molecular complexity index is 824. The Morgan fingerprint density at radius 2 is 1.63 bits per heavy atom. The maximum Gasteiger partial charge on any atom is 0.310 e. The highest BCUT2D eigenvalue weighted by Crippen LogP contribution is 2.35. The molecular weight excluding hydrogens is 374 g/mol. The number of hydrogen-bond acceptors (Lipinski definition) is 6. The molecule has 1 N–H and O–H groups in total. The lowest BCUT2D eigenvalue weighted by Gasteiger charge is -2.13. The summed E-state index contributed by atoms with van der Waals surface area (Å²) < 4.78 is 20.5. The SMILES string of the molecule is COc1cc(OC)c(NC(=O)COC(=O)Cc2ccccc2OC)cc1Cl.